The highest BCUT2D eigenvalue weighted by Crippen LogP contribution is 2.32. The molecule has 0 fully saturated rings. The van der Waals surface area contributed by atoms with Crippen molar-refractivity contribution >= 4 is 51.6 Å². The van der Waals surface area contributed by atoms with Gasteiger partial charge < -0.3 is 4.42 Å². The van der Waals surface area contributed by atoms with Crippen molar-refractivity contribution in [2.75, 3.05) is 0 Å². The third-order valence-electron chi connectivity index (χ3n) is 4.21. The molecule has 3 aromatic rings. The number of hydrogen-bond donors (Lipinski definition) is 1. The minimum atomic E-state index is -0.491. The van der Waals surface area contributed by atoms with Crippen LogP contribution in [-0.4, -0.2) is 31.9 Å². The maximum absolute atomic E-state index is 12.5. The fraction of sp³-hybridized carbons (Fsp3) is 0. The zero-order valence-corrected chi connectivity index (χ0v) is 17.0. The van der Waals surface area contributed by atoms with Crippen LogP contribution in [0.4, 0.5) is 0 Å². The molecule has 1 N–H and O–H groups in total. The summed E-state index contributed by atoms with van der Waals surface area (Å²) in [6.45, 7) is 0. The molecule has 0 aliphatic carbocycles. The highest BCUT2D eigenvalue weighted by molar-refractivity contribution is 8.27. The third kappa shape index (κ3) is 3.60. The second-order valence-corrected chi connectivity index (χ2v) is 8.27. The molecule has 146 valence electrons. The molecule has 4 heterocycles. The molecular formula is C21H13N5O2S2. The Kier molecular flexibility index (Phi) is 4.82. The highest BCUT2D eigenvalue weighted by atomic mass is 32.2. The van der Waals surface area contributed by atoms with Crippen LogP contribution in [0.5, 0.6) is 0 Å². The quantitative estimate of drug-likeness (QED) is 0.612. The summed E-state index contributed by atoms with van der Waals surface area (Å²) in [5, 5.41) is 16.0. The van der Waals surface area contributed by atoms with Crippen molar-refractivity contribution < 1.29 is 9.21 Å². The van der Waals surface area contributed by atoms with Crippen molar-refractivity contribution in [1.82, 2.24) is 9.99 Å². The Morgan fingerprint density at radius 3 is 2.77 bits per heavy atom. The summed E-state index contributed by atoms with van der Waals surface area (Å²) >= 11 is 2.72. The van der Waals surface area contributed by atoms with E-state index in [1.807, 2.05) is 42.5 Å². The Bertz CT molecular complexity index is 1230. The lowest BCUT2D eigenvalue weighted by atomic mass is 10.1. The molecule has 1 amide bonds. The normalized spacial score (nSPS) is 17.2. The van der Waals surface area contributed by atoms with Gasteiger partial charge in [0.2, 0.25) is 5.17 Å². The standard InChI is InChI=1S/C21H13N5O2S2/c22-18-16(11-14-8-9-17(28-14)29-15-6-2-1-3-7-15)19(27)24-21-26(18)25-20(30-21)13-5-4-10-23-12-13/h1-12,22H. The Balaban J connectivity index is 1.40. The van der Waals surface area contributed by atoms with E-state index in [0.29, 0.717) is 21.1 Å². The van der Waals surface area contributed by atoms with Gasteiger partial charge in [0.05, 0.1) is 5.57 Å². The lowest BCUT2D eigenvalue weighted by Crippen LogP contribution is -2.35. The van der Waals surface area contributed by atoms with E-state index in [9.17, 15) is 4.79 Å². The molecule has 2 aliphatic rings. The van der Waals surface area contributed by atoms with E-state index in [2.05, 4.69) is 15.1 Å². The SMILES string of the molecule is N=C1C(=Cc2ccc(Sc3ccccc3)o2)C(=O)N=C2SC(c3cccnc3)=NN12. The van der Waals surface area contributed by atoms with E-state index in [4.69, 9.17) is 9.83 Å². The number of amidine groups is 2. The molecule has 0 spiro atoms. The molecule has 0 atom stereocenters. The number of carbonyl (C=O) groups excluding carboxylic acids is 1. The largest absolute Gasteiger partial charge is 0.450 e. The highest BCUT2D eigenvalue weighted by Gasteiger charge is 2.36. The van der Waals surface area contributed by atoms with Gasteiger partial charge in [0, 0.05) is 22.9 Å². The monoisotopic (exact) mass is 431 g/mol. The van der Waals surface area contributed by atoms with Gasteiger partial charge in [-0.2, -0.15) is 15.1 Å². The number of aromatic nitrogens is 1. The lowest BCUT2D eigenvalue weighted by molar-refractivity contribution is -0.114. The average Bonchev–Trinajstić information content (AvgIpc) is 3.39. The first kappa shape index (κ1) is 18.6. The number of amides is 1. The van der Waals surface area contributed by atoms with Crippen LogP contribution in [0.25, 0.3) is 6.08 Å². The number of benzene rings is 1. The molecule has 7 nitrogen and oxygen atoms in total. The van der Waals surface area contributed by atoms with E-state index in [1.54, 1.807) is 24.5 Å². The Labute approximate surface area is 180 Å². The molecular weight excluding hydrogens is 418 g/mol. The molecule has 30 heavy (non-hydrogen) atoms. The maximum Gasteiger partial charge on any atom is 0.283 e. The number of hydrazone groups is 1. The average molecular weight is 432 g/mol. The third-order valence-corrected chi connectivity index (χ3v) is 6.10. The van der Waals surface area contributed by atoms with Crippen LogP contribution < -0.4 is 0 Å². The van der Waals surface area contributed by atoms with Gasteiger partial charge in [0.1, 0.15) is 10.8 Å². The number of furan rings is 1. The first-order valence-corrected chi connectivity index (χ1v) is 10.5. The number of thioether (sulfide) groups is 1. The van der Waals surface area contributed by atoms with Crippen LogP contribution in [0.3, 0.4) is 0 Å². The number of aliphatic imine (C=N–C) groups is 1. The number of hydrogen-bond acceptors (Lipinski definition) is 7. The second-order valence-electron chi connectivity index (χ2n) is 6.24. The summed E-state index contributed by atoms with van der Waals surface area (Å²) < 4.78 is 5.81. The fourth-order valence-corrected chi connectivity index (χ4v) is 4.49. The van der Waals surface area contributed by atoms with Crippen molar-refractivity contribution in [3.05, 3.63) is 83.9 Å². The number of pyridine rings is 1. The van der Waals surface area contributed by atoms with Gasteiger partial charge in [-0.25, -0.2) is 0 Å². The molecule has 0 unspecified atom stereocenters. The van der Waals surface area contributed by atoms with Gasteiger partial charge in [-0.15, -0.1) is 0 Å². The molecule has 2 aromatic heterocycles. The van der Waals surface area contributed by atoms with Gasteiger partial charge >= 0.3 is 0 Å². The number of nitrogens with zero attached hydrogens (tertiary/aromatic N) is 4. The van der Waals surface area contributed by atoms with Crippen molar-refractivity contribution in [2.24, 2.45) is 10.1 Å². The van der Waals surface area contributed by atoms with E-state index in [0.717, 1.165) is 10.5 Å². The first-order chi connectivity index (χ1) is 14.7. The van der Waals surface area contributed by atoms with E-state index in [1.165, 1.54) is 34.6 Å². The van der Waals surface area contributed by atoms with Gasteiger partial charge in [-0.1, -0.05) is 30.0 Å². The molecule has 9 heteroatoms. The minimum Gasteiger partial charge on any atom is -0.450 e. The Morgan fingerprint density at radius 1 is 1.10 bits per heavy atom. The molecule has 2 aliphatic heterocycles. The minimum absolute atomic E-state index is 0.0370. The lowest BCUT2D eigenvalue weighted by Gasteiger charge is -2.19. The van der Waals surface area contributed by atoms with Crippen LogP contribution >= 0.6 is 23.5 Å². The van der Waals surface area contributed by atoms with Crippen molar-refractivity contribution in [3.8, 4) is 0 Å². The van der Waals surface area contributed by atoms with Crippen LogP contribution in [0.2, 0.25) is 0 Å². The van der Waals surface area contributed by atoms with Crippen LogP contribution in [0, 0.1) is 5.41 Å². The predicted octanol–water partition coefficient (Wildman–Crippen LogP) is 4.49. The summed E-state index contributed by atoms with van der Waals surface area (Å²) in [7, 11) is 0. The topological polar surface area (TPSA) is 94.9 Å². The summed E-state index contributed by atoms with van der Waals surface area (Å²) in [4.78, 5) is 21.8. The van der Waals surface area contributed by atoms with Crippen molar-refractivity contribution in [3.63, 3.8) is 0 Å². The van der Waals surface area contributed by atoms with Crippen LogP contribution in [0.15, 0.2) is 97.1 Å². The number of carbonyl (C=O) groups is 1. The number of fused-ring (bicyclic) bond motifs is 1. The molecule has 0 saturated carbocycles. The molecule has 5 rings (SSSR count). The van der Waals surface area contributed by atoms with Gasteiger partial charge in [-0.05, 0) is 54.2 Å². The van der Waals surface area contributed by atoms with E-state index < -0.39 is 5.91 Å². The summed E-state index contributed by atoms with van der Waals surface area (Å²) in [5.41, 5.74) is 0.931. The second kappa shape index (κ2) is 7.77. The number of rotatable bonds is 4. The van der Waals surface area contributed by atoms with Crippen molar-refractivity contribution in [1.29, 1.82) is 5.41 Å². The summed E-state index contributed by atoms with van der Waals surface area (Å²) in [6, 6.07) is 17.1. The molecule has 0 saturated heterocycles. The Hall–Kier alpha value is -3.43. The van der Waals surface area contributed by atoms with Gasteiger partial charge in [0.25, 0.3) is 5.91 Å². The van der Waals surface area contributed by atoms with Gasteiger partial charge in [-0.3, -0.25) is 15.2 Å². The van der Waals surface area contributed by atoms with Crippen LogP contribution in [-0.2, 0) is 4.79 Å². The van der Waals surface area contributed by atoms with E-state index >= 15 is 0 Å². The summed E-state index contributed by atoms with van der Waals surface area (Å²) in [5.74, 6) is -0.0522. The maximum atomic E-state index is 12.5. The smallest absolute Gasteiger partial charge is 0.283 e. The Morgan fingerprint density at radius 2 is 1.97 bits per heavy atom. The molecule has 1 aromatic carbocycles. The zero-order chi connectivity index (χ0) is 20.5. The first-order valence-electron chi connectivity index (χ1n) is 8.91. The zero-order valence-electron chi connectivity index (χ0n) is 15.4. The molecule has 0 radical (unpaired) electrons. The van der Waals surface area contributed by atoms with Crippen molar-refractivity contribution in [2.45, 2.75) is 9.99 Å². The van der Waals surface area contributed by atoms with Gasteiger partial charge in [0.15, 0.2) is 10.9 Å². The fourth-order valence-electron chi connectivity index (χ4n) is 2.81. The number of nitrogens with one attached hydrogen (secondary N) is 1. The predicted molar refractivity (Wildman–Crippen MR) is 118 cm³/mol. The molecule has 0 bridgehead atoms. The summed E-state index contributed by atoms with van der Waals surface area (Å²) in [6.07, 6.45) is 4.89. The van der Waals surface area contributed by atoms with E-state index in [-0.39, 0.29) is 11.4 Å². The van der Waals surface area contributed by atoms with Crippen LogP contribution in [0.1, 0.15) is 11.3 Å².